The van der Waals surface area contributed by atoms with E-state index in [4.69, 9.17) is 19.9 Å². The number of amides is 2. The number of alkyl halides is 3. The number of methoxy groups -OCH3 is 2. The number of nitrogen functional groups attached to an aromatic ring is 1. The molecule has 0 spiro atoms. The lowest BCUT2D eigenvalue weighted by atomic mass is 9.85. The lowest BCUT2D eigenvalue weighted by Crippen LogP contribution is -2.46. The van der Waals surface area contributed by atoms with Gasteiger partial charge >= 0.3 is 12.2 Å². The van der Waals surface area contributed by atoms with Crippen LogP contribution < -0.4 is 25.3 Å². The predicted octanol–water partition coefficient (Wildman–Crippen LogP) is 6.94. The molecule has 0 fully saturated rings. The van der Waals surface area contributed by atoms with Gasteiger partial charge in [-0.2, -0.15) is 13.2 Å². The van der Waals surface area contributed by atoms with Crippen molar-refractivity contribution in [3.8, 4) is 17.2 Å². The molecule has 0 saturated carbocycles. The Morgan fingerprint density at radius 3 is 2.31 bits per heavy atom. The fourth-order valence-electron chi connectivity index (χ4n) is 5.08. The molecule has 0 aromatic heterocycles. The van der Waals surface area contributed by atoms with Crippen molar-refractivity contribution in [1.29, 1.82) is 0 Å². The molecule has 7 nitrogen and oxygen atoms in total. The molecule has 3 aromatic carbocycles. The second-order valence-corrected chi connectivity index (χ2v) is 9.63. The number of benzene rings is 3. The van der Waals surface area contributed by atoms with E-state index >= 15 is 0 Å². The van der Waals surface area contributed by atoms with Crippen molar-refractivity contribution < 1.29 is 32.2 Å². The normalized spacial score (nSPS) is 14.3. The van der Waals surface area contributed by atoms with Crippen molar-refractivity contribution in [2.24, 2.45) is 0 Å². The number of nitrogens with two attached hydrogens (primary N) is 1. The maximum absolute atomic E-state index is 13.4. The number of nitrogens with one attached hydrogen (secondary N) is 1. The lowest BCUT2D eigenvalue weighted by Gasteiger charge is -2.38. The third-order valence-corrected chi connectivity index (χ3v) is 7.08. The molecule has 3 N–H and O–H groups in total. The highest BCUT2D eigenvalue weighted by atomic mass is 19.4. The number of carbonyl (C=O) groups excluding carboxylic acids is 1. The Kier molecular flexibility index (Phi) is 11.0. The van der Waals surface area contributed by atoms with E-state index in [9.17, 15) is 18.0 Å². The number of fused-ring (bicyclic) bond motifs is 1. The van der Waals surface area contributed by atoms with E-state index in [-0.39, 0.29) is 6.03 Å². The van der Waals surface area contributed by atoms with Crippen LogP contribution in [0.3, 0.4) is 0 Å². The largest absolute Gasteiger partial charge is 0.495 e. The van der Waals surface area contributed by atoms with Crippen molar-refractivity contribution in [3.63, 3.8) is 0 Å². The zero-order valence-corrected chi connectivity index (χ0v) is 25.0. The van der Waals surface area contributed by atoms with Crippen LogP contribution in [0.15, 0.2) is 48.5 Å². The van der Waals surface area contributed by atoms with Gasteiger partial charge in [-0.25, -0.2) is 4.79 Å². The van der Waals surface area contributed by atoms with Crippen molar-refractivity contribution in [2.45, 2.75) is 52.8 Å². The minimum absolute atomic E-state index is 0.284. The summed E-state index contributed by atoms with van der Waals surface area (Å²) in [7, 11) is 3.11. The number of hydrogen-bond acceptors (Lipinski definition) is 5. The minimum atomic E-state index is -4.46. The van der Waals surface area contributed by atoms with Crippen LogP contribution in [0.2, 0.25) is 0 Å². The number of hydrogen-bond donors (Lipinski definition) is 2. The number of anilines is 1. The molecule has 10 heteroatoms. The number of carbonyl (C=O) groups is 1. The van der Waals surface area contributed by atoms with Crippen LogP contribution in [0.4, 0.5) is 23.7 Å². The van der Waals surface area contributed by atoms with E-state index in [0.717, 1.165) is 28.8 Å². The summed E-state index contributed by atoms with van der Waals surface area (Å²) in [5, 5.41) is 2.84. The summed E-state index contributed by atoms with van der Waals surface area (Å²) < 4.78 is 57.2. The van der Waals surface area contributed by atoms with Gasteiger partial charge in [-0.05, 0) is 84.5 Å². The zero-order chi connectivity index (χ0) is 31.0. The second kappa shape index (κ2) is 14.2. The summed E-state index contributed by atoms with van der Waals surface area (Å²) in [5.41, 5.74) is 9.58. The van der Waals surface area contributed by atoms with Gasteiger partial charge in [-0.1, -0.05) is 26.0 Å². The fourth-order valence-corrected chi connectivity index (χ4v) is 5.08. The van der Waals surface area contributed by atoms with Crippen molar-refractivity contribution >= 4 is 11.7 Å². The van der Waals surface area contributed by atoms with E-state index in [1.807, 2.05) is 45.0 Å². The van der Waals surface area contributed by atoms with Crippen molar-refractivity contribution in [2.75, 3.05) is 39.6 Å². The average molecular weight is 588 g/mol. The van der Waals surface area contributed by atoms with Crippen LogP contribution >= 0.6 is 0 Å². The summed E-state index contributed by atoms with van der Waals surface area (Å²) in [4.78, 5) is 14.8. The van der Waals surface area contributed by atoms with Gasteiger partial charge in [-0.15, -0.1) is 0 Å². The standard InChI is InChI=1S/C30H34F3N3O4.C2H6/c1-5-35-29(37)36-12-10-20-16-26(39-4)27(40-13-11-19-6-9-25(38-3)24(34)15-19)17-23(20)28(36)22-8-7-21(14-18(22)2)30(31,32)33;1-2/h6-9,14-17,28H,5,10-13,34H2,1-4H3,(H,35,37);1-2H3. The van der Waals surface area contributed by atoms with E-state index in [1.54, 1.807) is 32.1 Å². The number of urea groups is 1. The smallest absolute Gasteiger partial charge is 0.416 e. The topological polar surface area (TPSA) is 86.1 Å². The monoisotopic (exact) mass is 587 g/mol. The third kappa shape index (κ3) is 7.21. The van der Waals surface area contributed by atoms with Crippen molar-refractivity contribution in [1.82, 2.24) is 10.2 Å². The second-order valence-electron chi connectivity index (χ2n) is 9.63. The van der Waals surface area contributed by atoms with Gasteiger partial charge in [0, 0.05) is 19.5 Å². The molecule has 3 aromatic rings. The molecule has 228 valence electrons. The van der Waals surface area contributed by atoms with Crippen LogP contribution in [-0.2, 0) is 19.0 Å². The maximum atomic E-state index is 13.4. The lowest BCUT2D eigenvalue weighted by molar-refractivity contribution is -0.137. The first-order chi connectivity index (χ1) is 20.1. The van der Waals surface area contributed by atoms with Gasteiger partial charge < -0.3 is 30.2 Å². The molecular weight excluding hydrogens is 547 g/mol. The SMILES string of the molecule is CC.CCNC(=O)N1CCc2cc(OC)c(OCCc3ccc(OC)c(N)c3)cc2C1c1ccc(C(F)(F)F)cc1C. The Morgan fingerprint density at radius 1 is 1.00 bits per heavy atom. The summed E-state index contributed by atoms with van der Waals surface area (Å²) in [6.45, 7) is 8.60. The van der Waals surface area contributed by atoms with Crippen LogP contribution in [0.1, 0.15) is 60.2 Å². The van der Waals surface area contributed by atoms with Gasteiger partial charge in [-0.3, -0.25) is 0 Å². The highest BCUT2D eigenvalue weighted by Crippen LogP contribution is 2.43. The summed E-state index contributed by atoms with van der Waals surface area (Å²) in [5.74, 6) is 1.62. The van der Waals surface area contributed by atoms with Crippen LogP contribution in [-0.4, -0.2) is 44.8 Å². The van der Waals surface area contributed by atoms with Gasteiger partial charge in [0.25, 0.3) is 0 Å². The maximum Gasteiger partial charge on any atom is 0.416 e. The first-order valence-corrected chi connectivity index (χ1v) is 14.1. The van der Waals surface area contributed by atoms with Crippen LogP contribution in [0.25, 0.3) is 0 Å². The predicted molar refractivity (Wildman–Crippen MR) is 158 cm³/mol. The average Bonchev–Trinajstić information content (AvgIpc) is 2.97. The molecule has 0 bridgehead atoms. The van der Waals surface area contributed by atoms with Crippen LogP contribution in [0.5, 0.6) is 17.2 Å². The molecule has 0 radical (unpaired) electrons. The highest BCUT2D eigenvalue weighted by molar-refractivity contribution is 5.76. The molecule has 2 amide bonds. The number of nitrogens with zero attached hydrogens (tertiary/aromatic N) is 1. The summed E-state index contributed by atoms with van der Waals surface area (Å²) >= 11 is 0. The molecule has 1 atom stereocenters. The molecular formula is C32H40F3N3O4. The third-order valence-electron chi connectivity index (χ3n) is 7.08. The molecule has 1 aliphatic heterocycles. The molecule has 4 rings (SSSR count). The molecule has 1 unspecified atom stereocenters. The molecule has 0 aliphatic carbocycles. The van der Waals surface area contributed by atoms with Crippen LogP contribution in [0, 0.1) is 6.92 Å². The van der Waals surface area contributed by atoms with E-state index in [1.165, 1.54) is 6.07 Å². The number of ether oxygens (including phenoxy) is 3. The number of halogens is 3. The highest BCUT2D eigenvalue weighted by Gasteiger charge is 2.36. The first-order valence-electron chi connectivity index (χ1n) is 14.1. The van der Waals surface area contributed by atoms with E-state index in [2.05, 4.69) is 5.32 Å². The molecule has 42 heavy (non-hydrogen) atoms. The van der Waals surface area contributed by atoms with E-state index in [0.29, 0.717) is 66.6 Å². The Labute approximate surface area is 245 Å². The fraction of sp³-hybridized carbons (Fsp3) is 0.406. The van der Waals surface area contributed by atoms with Gasteiger partial charge in [0.15, 0.2) is 11.5 Å². The Morgan fingerprint density at radius 2 is 1.71 bits per heavy atom. The zero-order valence-electron chi connectivity index (χ0n) is 25.0. The van der Waals surface area contributed by atoms with Gasteiger partial charge in [0.1, 0.15) is 5.75 Å². The van der Waals surface area contributed by atoms with Gasteiger partial charge in [0.2, 0.25) is 0 Å². The Balaban J connectivity index is 0.00000237. The summed E-state index contributed by atoms with van der Waals surface area (Å²) in [6.07, 6.45) is -3.33. The molecule has 1 heterocycles. The van der Waals surface area contributed by atoms with Crippen molar-refractivity contribution in [3.05, 3.63) is 81.9 Å². The molecule has 0 saturated heterocycles. The Hall–Kier alpha value is -4.08. The first kappa shape index (κ1) is 32.4. The van der Waals surface area contributed by atoms with Gasteiger partial charge in [0.05, 0.1) is 38.1 Å². The number of rotatable bonds is 8. The Bertz CT molecular complexity index is 1380. The quantitative estimate of drug-likeness (QED) is 0.279. The number of aryl methyl sites for hydroxylation is 1. The minimum Gasteiger partial charge on any atom is -0.495 e. The summed E-state index contributed by atoms with van der Waals surface area (Å²) in [6, 6.07) is 12.0. The van der Waals surface area contributed by atoms with E-state index < -0.39 is 17.8 Å². The molecule has 1 aliphatic rings.